The summed E-state index contributed by atoms with van der Waals surface area (Å²) in [5.74, 6) is -1.37. The van der Waals surface area contributed by atoms with Crippen LogP contribution >= 0.6 is 11.6 Å². The smallest absolute Gasteiger partial charge is 0.417 e. The lowest BCUT2D eigenvalue weighted by Crippen LogP contribution is -2.12. The zero-order valence-corrected chi connectivity index (χ0v) is 14.8. The highest BCUT2D eigenvalue weighted by Gasteiger charge is 2.31. The van der Waals surface area contributed by atoms with Gasteiger partial charge in [-0.05, 0) is 23.8 Å². The first kappa shape index (κ1) is 20.5. The van der Waals surface area contributed by atoms with Crippen molar-refractivity contribution in [1.29, 1.82) is 0 Å². The fourth-order valence-corrected chi connectivity index (χ4v) is 2.48. The molecule has 0 saturated heterocycles. The Kier molecular flexibility index (Phi) is 6.27. The molecule has 144 valence electrons. The Morgan fingerprint density at radius 1 is 1.22 bits per heavy atom. The van der Waals surface area contributed by atoms with Gasteiger partial charge in [0.25, 0.3) is 0 Å². The Bertz CT molecular complexity index is 872. The highest BCUT2D eigenvalue weighted by molar-refractivity contribution is 6.31. The van der Waals surface area contributed by atoms with Crippen LogP contribution in [0.25, 0.3) is 0 Å². The SMILES string of the molecule is CC(=O)Nc1ccc(CC(=O)O)cc1NCc1ncc(C(F)(F)F)cc1Cl. The molecule has 0 aliphatic heterocycles. The van der Waals surface area contributed by atoms with Crippen molar-refractivity contribution >= 4 is 34.9 Å². The van der Waals surface area contributed by atoms with Crippen LogP contribution in [0.2, 0.25) is 5.02 Å². The fourth-order valence-electron chi connectivity index (χ4n) is 2.25. The van der Waals surface area contributed by atoms with Gasteiger partial charge in [-0.2, -0.15) is 13.2 Å². The zero-order valence-electron chi connectivity index (χ0n) is 14.0. The first-order valence-electron chi connectivity index (χ1n) is 7.64. The minimum Gasteiger partial charge on any atom is -0.481 e. The van der Waals surface area contributed by atoms with Gasteiger partial charge in [-0.25, -0.2) is 0 Å². The molecule has 0 aliphatic rings. The van der Waals surface area contributed by atoms with Gasteiger partial charge in [-0.3, -0.25) is 14.6 Å². The summed E-state index contributed by atoms with van der Waals surface area (Å²) in [5.41, 5.74) is 0.465. The number of carbonyl (C=O) groups excluding carboxylic acids is 1. The Balaban J connectivity index is 2.24. The summed E-state index contributed by atoms with van der Waals surface area (Å²) >= 11 is 5.88. The van der Waals surface area contributed by atoms with E-state index in [1.165, 1.54) is 19.1 Å². The number of anilines is 2. The zero-order chi connectivity index (χ0) is 20.2. The monoisotopic (exact) mass is 401 g/mol. The van der Waals surface area contributed by atoms with E-state index in [4.69, 9.17) is 16.7 Å². The van der Waals surface area contributed by atoms with E-state index < -0.39 is 17.7 Å². The Morgan fingerprint density at radius 2 is 1.93 bits per heavy atom. The van der Waals surface area contributed by atoms with Crippen LogP contribution in [0, 0.1) is 0 Å². The summed E-state index contributed by atoms with van der Waals surface area (Å²) in [7, 11) is 0. The molecule has 1 aromatic heterocycles. The number of rotatable bonds is 6. The Morgan fingerprint density at radius 3 is 2.48 bits per heavy atom. The van der Waals surface area contributed by atoms with Crippen LogP contribution in [0.4, 0.5) is 24.5 Å². The van der Waals surface area contributed by atoms with Crippen LogP contribution in [-0.4, -0.2) is 22.0 Å². The van der Waals surface area contributed by atoms with Gasteiger partial charge in [0.2, 0.25) is 5.91 Å². The maximum atomic E-state index is 12.7. The molecule has 2 aromatic rings. The van der Waals surface area contributed by atoms with Crippen LogP contribution in [-0.2, 0) is 28.7 Å². The molecular weight excluding hydrogens is 387 g/mol. The second-order valence-electron chi connectivity index (χ2n) is 5.64. The normalized spacial score (nSPS) is 11.1. The van der Waals surface area contributed by atoms with Gasteiger partial charge in [-0.1, -0.05) is 17.7 Å². The number of hydrogen-bond acceptors (Lipinski definition) is 4. The lowest BCUT2D eigenvalue weighted by molar-refractivity contribution is -0.138. The third-order valence-electron chi connectivity index (χ3n) is 3.44. The summed E-state index contributed by atoms with van der Waals surface area (Å²) in [6, 6.07) is 5.39. The van der Waals surface area contributed by atoms with E-state index in [1.54, 1.807) is 6.07 Å². The molecule has 0 fully saturated rings. The largest absolute Gasteiger partial charge is 0.481 e. The van der Waals surface area contributed by atoms with Crippen LogP contribution in [0.1, 0.15) is 23.7 Å². The van der Waals surface area contributed by atoms with Crippen molar-refractivity contribution < 1.29 is 27.9 Å². The first-order valence-corrected chi connectivity index (χ1v) is 8.02. The number of hydrogen-bond donors (Lipinski definition) is 3. The van der Waals surface area contributed by atoms with Crippen molar-refractivity contribution in [2.24, 2.45) is 0 Å². The number of carboxylic acid groups (broad SMARTS) is 1. The Hall–Kier alpha value is -2.81. The summed E-state index contributed by atoms with van der Waals surface area (Å²) in [5, 5.41) is 14.2. The van der Waals surface area contributed by atoms with Crippen molar-refractivity contribution in [2.75, 3.05) is 10.6 Å². The fraction of sp³-hybridized carbons (Fsp3) is 0.235. The molecule has 27 heavy (non-hydrogen) atoms. The number of aromatic nitrogens is 1. The molecule has 0 saturated carbocycles. The van der Waals surface area contributed by atoms with Gasteiger partial charge >= 0.3 is 12.1 Å². The second-order valence-corrected chi connectivity index (χ2v) is 6.04. The second kappa shape index (κ2) is 8.26. The van der Waals surface area contributed by atoms with E-state index in [0.717, 1.165) is 6.07 Å². The lowest BCUT2D eigenvalue weighted by atomic mass is 10.1. The van der Waals surface area contributed by atoms with Crippen LogP contribution < -0.4 is 10.6 Å². The molecule has 1 heterocycles. The highest BCUT2D eigenvalue weighted by atomic mass is 35.5. The summed E-state index contributed by atoms with van der Waals surface area (Å²) in [4.78, 5) is 25.9. The minimum absolute atomic E-state index is 0.0277. The Labute approximate surface area is 157 Å². The maximum absolute atomic E-state index is 12.7. The summed E-state index contributed by atoms with van der Waals surface area (Å²) < 4.78 is 38.0. The van der Waals surface area contributed by atoms with E-state index in [9.17, 15) is 22.8 Å². The van der Waals surface area contributed by atoms with Crippen molar-refractivity contribution in [2.45, 2.75) is 26.1 Å². The molecule has 6 nitrogen and oxygen atoms in total. The molecule has 10 heteroatoms. The molecule has 0 aliphatic carbocycles. The first-order chi connectivity index (χ1) is 12.6. The number of alkyl halides is 3. The quantitative estimate of drug-likeness (QED) is 0.681. The number of carbonyl (C=O) groups is 2. The standard InChI is InChI=1S/C17H15ClF3N3O3/c1-9(25)24-13-3-2-10(5-16(26)27)4-14(13)23-8-15-12(18)6-11(7-22-15)17(19,20)21/h2-4,6-7,23H,5,8H2,1H3,(H,24,25)(H,26,27). The van der Waals surface area contributed by atoms with E-state index in [0.29, 0.717) is 23.1 Å². The third kappa shape index (κ3) is 5.85. The number of amides is 1. The minimum atomic E-state index is -4.55. The van der Waals surface area contributed by atoms with Gasteiger partial charge in [-0.15, -0.1) is 0 Å². The topological polar surface area (TPSA) is 91.3 Å². The van der Waals surface area contributed by atoms with Crippen LogP contribution in [0.3, 0.4) is 0 Å². The number of halogens is 4. The van der Waals surface area contributed by atoms with Crippen LogP contribution in [0.15, 0.2) is 30.5 Å². The predicted octanol–water partition coefficient (Wildman–Crippen LogP) is 3.95. The molecule has 1 amide bonds. The van der Waals surface area contributed by atoms with Crippen LogP contribution in [0.5, 0.6) is 0 Å². The molecule has 0 spiro atoms. The molecular formula is C17H15ClF3N3O3. The molecule has 1 aromatic carbocycles. The van der Waals surface area contributed by atoms with E-state index in [2.05, 4.69) is 15.6 Å². The molecule has 0 unspecified atom stereocenters. The third-order valence-corrected chi connectivity index (χ3v) is 3.77. The number of aliphatic carboxylic acids is 1. The summed E-state index contributed by atoms with van der Waals surface area (Å²) in [6.07, 6.45) is -4.10. The van der Waals surface area contributed by atoms with Gasteiger partial charge in [0, 0.05) is 13.1 Å². The average molecular weight is 402 g/mol. The number of nitrogens with zero attached hydrogens (tertiary/aromatic N) is 1. The van der Waals surface area contributed by atoms with Gasteiger partial charge in [0.15, 0.2) is 0 Å². The highest BCUT2D eigenvalue weighted by Crippen LogP contribution is 2.31. The molecule has 0 bridgehead atoms. The van der Waals surface area contributed by atoms with Gasteiger partial charge in [0.1, 0.15) is 0 Å². The predicted molar refractivity (Wildman–Crippen MR) is 93.7 cm³/mol. The van der Waals surface area contributed by atoms with E-state index >= 15 is 0 Å². The van der Waals surface area contributed by atoms with Crippen molar-refractivity contribution in [3.8, 4) is 0 Å². The molecule has 0 atom stereocenters. The van der Waals surface area contributed by atoms with Gasteiger partial charge < -0.3 is 15.7 Å². The molecule has 0 radical (unpaired) electrons. The van der Waals surface area contributed by atoms with Crippen molar-refractivity contribution in [3.05, 3.63) is 52.3 Å². The molecule has 2 rings (SSSR count). The van der Waals surface area contributed by atoms with E-state index in [-0.39, 0.29) is 29.6 Å². The van der Waals surface area contributed by atoms with Gasteiger partial charge in [0.05, 0.1) is 40.6 Å². The van der Waals surface area contributed by atoms with Crippen molar-refractivity contribution in [3.63, 3.8) is 0 Å². The summed E-state index contributed by atoms with van der Waals surface area (Å²) in [6.45, 7) is 1.28. The molecule has 3 N–H and O–H groups in total. The number of benzene rings is 1. The maximum Gasteiger partial charge on any atom is 0.417 e. The van der Waals surface area contributed by atoms with E-state index in [1.807, 2.05) is 0 Å². The number of nitrogens with one attached hydrogen (secondary N) is 2. The average Bonchev–Trinajstić information content (AvgIpc) is 2.53. The lowest BCUT2D eigenvalue weighted by Gasteiger charge is -2.15. The van der Waals surface area contributed by atoms with Crippen molar-refractivity contribution in [1.82, 2.24) is 4.98 Å². The number of pyridine rings is 1. The number of carboxylic acids is 1.